The number of fused-ring (bicyclic) bond motifs is 1. The van der Waals surface area contributed by atoms with Gasteiger partial charge >= 0.3 is 0 Å². The average molecular weight is 377 g/mol. The van der Waals surface area contributed by atoms with Gasteiger partial charge in [0, 0.05) is 35.3 Å². The second-order valence-electron chi connectivity index (χ2n) is 6.65. The van der Waals surface area contributed by atoms with Gasteiger partial charge in [-0.05, 0) is 43.0 Å². The van der Waals surface area contributed by atoms with Crippen molar-refractivity contribution in [2.45, 2.75) is 20.4 Å². The Labute approximate surface area is 160 Å². The van der Waals surface area contributed by atoms with E-state index in [1.807, 2.05) is 55.1 Å². The van der Waals surface area contributed by atoms with E-state index in [1.165, 1.54) is 10.7 Å². The molecule has 0 saturated heterocycles. The monoisotopic (exact) mass is 377 g/mol. The van der Waals surface area contributed by atoms with E-state index in [4.69, 9.17) is 0 Å². The summed E-state index contributed by atoms with van der Waals surface area (Å²) in [6.07, 6.45) is 0. The number of ketones is 1. The standard InChI is InChI=1S/C21H19N3O2S/c1-13-6-7-15-17(11-13)23(3)14(2)21(15)18(25)12-24-20(26)9-8-16(22-24)19-5-4-10-27-19/h4-11H,12H2,1-3H3. The van der Waals surface area contributed by atoms with Gasteiger partial charge in [-0.15, -0.1) is 11.3 Å². The SMILES string of the molecule is Cc1ccc2c(C(=O)Cn3nc(-c4cccs4)ccc3=O)c(C)n(C)c2c1. The molecule has 0 bridgehead atoms. The largest absolute Gasteiger partial charge is 0.347 e. The van der Waals surface area contributed by atoms with E-state index in [2.05, 4.69) is 11.2 Å². The molecule has 27 heavy (non-hydrogen) atoms. The van der Waals surface area contributed by atoms with Crippen LogP contribution in [0.3, 0.4) is 0 Å². The van der Waals surface area contributed by atoms with Gasteiger partial charge < -0.3 is 4.57 Å². The molecule has 0 radical (unpaired) electrons. The van der Waals surface area contributed by atoms with Crippen LogP contribution >= 0.6 is 11.3 Å². The number of Topliss-reactive ketones (excluding diaryl/α,β-unsaturated/α-hetero) is 1. The topological polar surface area (TPSA) is 56.9 Å². The molecular weight excluding hydrogens is 358 g/mol. The summed E-state index contributed by atoms with van der Waals surface area (Å²) in [4.78, 5) is 26.3. The van der Waals surface area contributed by atoms with Crippen LogP contribution in [0.15, 0.2) is 52.6 Å². The summed E-state index contributed by atoms with van der Waals surface area (Å²) in [7, 11) is 1.95. The highest BCUT2D eigenvalue weighted by atomic mass is 32.1. The minimum absolute atomic E-state index is 0.0775. The van der Waals surface area contributed by atoms with E-state index >= 15 is 0 Å². The van der Waals surface area contributed by atoms with Gasteiger partial charge in [-0.2, -0.15) is 5.10 Å². The average Bonchev–Trinajstić information content (AvgIpc) is 3.26. The lowest BCUT2D eigenvalue weighted by molar-refractivity contribution is 0.0966. The van der Waals surface area contributed by atoms with Crippen molar-refractivity contribution in [3.8, 4) is 10.6 Å². The number of carbonyl (C=O) groups is 1. The highest BCUT2D eigenvalue weighted by Gasteiger charge is 2.20. The van der Waals surface area contributed by atoms with Gasteiger partial charge in [0.1, 0.15) is 12.2 Å². The predicted octanol–water partition coefficient (Wildman–Crippen LogP) is 3.96. The van der Waals surface area contributed by atoms with E-state index in [0.29, 0.717) is 11.3 Å². The number of aryl methyl sites for hydroxylation is 2. The van der Waals surface area contributed by atoms with Gasteiger partial charge in [-0.25, -0.2) is 4.68 Å². The van der Waals surface area contributed by atoms with Gasteiger partial charge in [0.05, 0.1) is 4.88 Å². The summed E-state index contributed by atoms with van der Waals surface area (Å²) in [5.41, 5.74) is 4.12. The molecule has 4 rings (SSSR count). The minimum atomic E-state index is -0.280. The normalized spacial score (nSPS) is 11.2. The van der Waals surface area contributed by atoms with Crippen molar-refractivity contribution < 1.29 is 4.79 Å². The molecule has 0 aliphatic carbocycles. The van der Waals surface area contributed by atoms with Crippen molar-refractivity contribution in [3.05, 3.63) is 75.0 Å². The Hall–Kier alpha value is -2.99. The zero-order valence-corrected chi connectivity index (χ0v) is 16.2. The maximum absolute atomic E-state index is 13.1. The molecule has 3 aromatic heterocycles. The van der Waals surface area contributed by atoms with Crippen molar-refractivity contribution in [1.29, 1.82) is 0 Å². The fourth-order valence-electron chi connectivity index (χ4n) is 3.36. The predicted molar refractivity (Wildman–Crippen MR) is 109 cm³/mol. The Balaban J connectivity index is 1.76. The van der Waals surface area contributed by atoms with Crippen LogP contribution in [0.5, 0.6) is 0 Å². The van der Waals surface area contributed by atoms with Crippen LogP contribution in [0.2, 0.25) is 0 Å². The van der Waals surface area contributed by atoms with Crippen molar-refractivity contribution in [2.75, 3.05) is 0 Å². The van der Waals surface area contributed by atoms with Crippen LogP contribution in [0.1, 0.15) is 21.6 Å². The zero-order valence-electron chi connectivity index (χ0n) is 15.4. The third kappa shape index (κ3) is 3.02. The second-order valence-corrected chi connectivity index (χ2v) is 7.60. The fourth-order valence-corrected chi connectivity index (χ4v) is 4.05. The lowest BCUT2D eigenvalue weighted by Gasteiger charge is -2.06. The van der Waals surface area contributed by atoms with Gasteiger partial charge in [0.2, 0.25) is 0 Å². The Kier molecular flexibility index (Phi) is 4.28. The van der Waals surface area contributed by atoms with Gasteiger partial charge in [0.25, 0.3) is 5.56 Å². The second kappa shape index (κ2) is 6.63. The number of aromatic nitrogens is 3. The maximum atomic E-state index is 13.1. The molecule has 6 heteroatoms. The van der Waals surface area contributed by atoms with Crippen LogP contribution < -0.4 is 5.56 Å². The molecule has 0 unspecified atom stereocenters. The van der Waals surface area contributed by atoms with E-state index in [-0.39, 0.29) is 17.9 Å². The number of benzene rings is 1. The number of carbonyl (C=O) groups excluding carboxylic acids is 1. The molecule has 4 aromatic rings. The first-order valence-electron chi connectivity index (χ1n) is 8.66. The third-order valence-electron chi connectivity index (χ3n) is 4.86. The lowest BCUT2D eigenvalue weighted by Crippen LogP contribution is -2.26. The summed E-state index contributed by atoms with van der Waals surface area (Å²) in [5, 5.41) is 7.27. The first-order valence-corrected chi connectivity index (χ1v) is 9.54. The van der Waals surface area contributed by atoms with Crippen LogP contribution in [-0.2, 0) is 13.6 Å². The summed E-state index contributed by atoms with van der Waals surface area (Å²) in [5.74, 6) is -0.111. The first-order chi connectivity index (χ1) is 13.0. The number of nitrogens with zero attached hydrogens (tertiary/aromatic N) is 3. The molecular formula is C21H19N3O2S. The van der Waals surface area contributed by atoms with Gasteiger partial charge in [-0.1, -0.05) is 18.2 Å². The molecule has 0 aliphatic rings. The molecule has 0 spiro atoms. The summed E-state index contributed by atoms with van der Waals surface area (Å²) in [6, 6.07) is 13.1. The molecule has 0 atom stereocenters. The Morgan fingerprint density at radius 1 is 1.15 bits per heavy atom. The van der Waals surface area contributed by atoms with Crippen LogP contribution in [0.4, 0.5) is 0 Å². The molecule has 136 valence electrons. The number of hydrogen-bond acceptors (Lipinski definition) is 4. The minimum Gasteiger partial charge on any atom is -0.347 e. The Morgan fingerprint density at radius 3 is 2.70 bits per heavy atom. The van der Waals surface area contributed by atoms with E-state index in [0.717, 1.165) is 27.0 Å². The molecule has 5 nitrogen and oxygen atoms in total. The van der Waals surface area contributed by atoms with Crippen molar-refractivity contribution in [1.82, 2.24) is 14.3 Å². The Morgan fingerprint density at radius 2 is 1.96 bits per heavy atom. The Bertz CT molecular complexity index is 1220. The molecule has 0 saturated carbocycles. The number of rotatable bonds is 4. The molecule has 3 heterocycles. The smallest absolute Gasteiger partial charge is 0.267 e. The molecule has 0 fully saturated rings. The summed E-state index contributed by atoms with van der Waals surface area (Å²) < 4.78 is 3.28. The van der Waals surface area contributed by atoms with Crippen LogP contribution in [0, 0.1) is 13.8 Å². The lowest BCUT2D eigenvalue weighted by atomic mass is 10.1. The quantitative estimate of drug-likeness (QED) is 0.506. The summed E-state index contributed by atoms with van der Waals surface area (Å²) >= 11 is 1.55. The number of hydrogen-bond donors (Lipinski definition) is 0. The fraction of sp³-hybridized carbons (Fsp3) is 0.190. The molecule has 0 amide bonds. The zero-order chi connectivity index (χ0) is 19.1. The first kappa shape index (κ1) is 17.4. The number of thiophene rings is 1. The van der Waals surface area contributed by atoms with Crippen LogP contribution in [-0.4, -0.2) is 20.1 Å². The van der Waals surface area contributed by atoms with E-state index in [1.54, 1.807) is 17.4 Å². The van der Waals surface area contributed by atoms with Gasteiger partial charge in [-0.3, -0.25) is 9.59 Å². The molecule has 1 aromatic carbocycles. The highest BCUT2D eigenvalue weighted by Crippen LogP contribution is 2.27. The highest BCUT2D eigenvalue weighted by molar-refractivity contribution is 7.13. The van der Waals surface area contributed by atoms with Crippen molar-refractivity contribution >= 4 is 28.0 Å². The van der Waals surface area contributed by atoms with E-state index in [9.17, 15) is 9.59 Å². The van der Waals surface area contributed by atoms with Crippen molar-refractivity contribution in [3.63, 3.8) is 0 Å². The van der Waals surface area contributed by atoms with Gasteiger partial charge in [0.15, 0.2) is 5.78 Å². The molecule has 0 aliphatic heterocycles. The van der Waals surface area contributed by atoms with E-state index < -0.39 is 0 Å². The molecule has 0 N–H and O–H groups in total. The van der Waals surface area contributed by atoms with Crippen molar-refractivity contribution in [2.24, 2.45) is 7.05 Å². The summed E-state index contributed by atoms with van der Waals surface area (Å²) in [6.45, 7) is 3.88. The maximum Gasteiger partial charge on any atom is 0.267 e. The van der Waals surface area contributed by atoms with Crippen LogP contribution in [0.25, 0.3) is 21.5 Å². The third-order valence-corrected chi connectivity index (χ3v) is 5.75.